The fraction of sp³-hybridized carbons (Fsp3) is 0.308. The average Bonchev–Trinajstić information content (AvgIpc) is 2.73. The van der Waals surface area contributed by atoms with Crippen LogP contribution in [0.25, 0.3) is 0 Å². The van der Waals surface area contributed by atoms with Crippen molar-refractivity contribution in [3.63, 3.8) is 0 Å². The molecule has 0 bridgehead atoms. The zero-order valence-electron chi connectivity index (χ0n) is 19.4. The summed E-state index contributed by atoms with van der Waals surface area (Å²) in [5.41, 5.74) is 9.01. The lowest BCUT2D eigenvalue weighted by Crippen LogP contribution is -2.20. The number of carboxylic acid groups (broad SMARTS) is 1. The Morgan fingerprint density at radius 1 is 1.19 bits per heavy atom. The Hall–Kier alpha value is -3.54. The number of nitrogens with zero attached hydrogens (tertiary/aromatic N) is 2. The van der Waals surface area contributed by atoms with Crippen molar-refractivity contribution >= 4 is 23.3 Å². The fourth-order valence-corrected chi connectivity index (χ4v) is 2.68. The highest BCUT2D eigenvalue weighted by molar-refractivity contribution is 6.49. The van der Waals surface area contributed by atoms with E-state index in [1.165, 1.54) is 0 Å². The third-order valence-electron chi connectivity index (χ3n) is 4.68. The van der Waals surface area contributed by atoms with E-state index in [4.69, 9.17) is 5.73 Å². The number of amides is 1. The maximum Gasteiger partial charge on any atom is 0.303 e. The lowest BCUT2D eigenvalue weighted by Gasteiger charge is -2.17. The van der Waals surface area contributed by atoms with Crippen molar-refractivity contribution in [3.8, 4) is 0 Å². The molecule has 0 saturated carbocycles. The molecule has 0 rings (SSSR count). The fourth-order valence-electron chi connectivity index (χ4n) is 2.68. The molecular weight excluding hydrogens is 402 g/mol. The van der Waals surface area contributed by atoms with Crippen LogP contribution < -0.4 is 5.73 Å². The molecule has 6 nitrogen and oxygen atoms in total. The number of primary amides is 1. The number of nitrogens with two attached hydrogens (primary N) is 1. The topological polar surface area (TPSA) is 105 Å². The highest BCUT2D eigenvalue weighted by atomic mass is 16.4. The van der Waals surface area contributed by atoms with Crippen LogP contribution in [0.15, 0.2) is 95.2 Å². The average molecular weight is 438 g/mol. The minimum absolute atomic E-state index is 0.0119. The molecule has 1 atom stereocenters. The van der Waals surface area contributed by atoms with Gasteiger partial charge in [0.2, 0.25) is 5.91 Å². The summed E-state index contributed by atoms with van der Waals surface area (Å²) < 4.78 is 0. The molecule has 0 aliphatic rings. The lowest BCUT2D eigenvalue weighted by atomic mass is 9.90. The zero-order chi connectivity index (χ0) is 24.7. The first kappa shape index (κ1) is 28.5. The van der Waals surface area contributed by atoms with Gasteiger partial charge in [0.1, 0.15) is 0 Å². The third-order valence-corrected chi connectivity index (χ3v) is 4.68. The van der Waals surface area contributed by atoms with Gasteiger partial charge in [0.15, 0.2) is 0 Å². The van der Waals surface area contributed by atoms with Crippen LogP contribution in [0, 0.1) is 5.92 Å². The molecule has 3 N–H and O–H groups in total. The second-order valence-corrected chi connectivity index (χ2v) is 7.21. The number of hydrogen-bond acceptors (Lipinski definition) is 4. The molecule has 0 radical (unpaired) electrons. The van der Waals surface area contributed by atoms with Crippen molar-refractivity contribution in [2.45, 2.75) is 40.0 Å². The van der Waals surface area contributed by atoms with E-state index in [0.29, 0.717) is 35.5 Å². The van der Waals surface area contributed by atoms with Gasteiger partial charge in [0.05, 0.1) is 30.1 Å². The molecule has 0 aliphatic carbocycles. The summed E-state index contributed by atoms with van der Waals surface area (Å²) >= 11 is 0. The number of rotatable bonds is 15. The maximum absolute atomic E-state index is 11.3. The Kier molecular flexibility index (Phi) is 13.6. The number of carboxylic acids is 1. The van der Waals surface area contributed by atoms with E-state index in [1.807, 2.05) is 26.0 Å². The molecule has 0 spiro atoms. The van der Waals surface area contributed by atoms with Gasteiger partial charge in [-0.3, -0.25) is 14.6 Å². The van der Waals surface area contributed by atoms with Gasteiger partial charge in [0.25, 0.3) is 0 Å². The molecule has 1 amide bonds. The Bertz CT molecular complexity index is 899. The number of aliphatic imine (C=N–C) groups is 2. The van der Waals surface area contributed by atoms with Gasteiger partial charge >= 0.3 is 5.97 Å². The molecule has 0 aromatic carbocycles. The Labute approximate surface area is 191 Å². The van der Waals surface area contributed by atoms with Gasteiger partial charge in [-0.1, -0.05) is 62.3 Å². The molecular formula is C26H35N3O3. The standard InChI is InChI=1S/C26H35N3O3/c1-8-11-12-21(10-3)25(29-20(7)9-2)23(28-16-15-19(6)26(27)32)14-13-22(18(4)5)17-24(30)31/h8-12,15,22H,1-2,4,7,13-14,16-17H2,3,5-6H3,(H2,27,32)(H,30,31)/b12-11-,19-15+,21-10+,28-23-,29-25-. The minimum Gasteiger partial charge on any atom is -0.481 e. The van der Waals surface area contributed by atoms with Crippen molar-refractivity contribution in [1.82, 2.24) is 0 Å². The van der Waals surface area contributed by atoms with Gasteiger partial charge in [-0.05, 0) is 51.2 Å². The summed E-state index contributed by atoms with van der Waals surface area (Å²) in [6.45, 7) is 20.8. The van der Waals surface area contributed by atoms with E-state index in [2.05, 4.69) is 36.3 Å². The SMILES string of the molecule is C=C\C=C/C(=C\C)C(=N/C(=C)C=C)/C(CCC(CC(=O)O)C(=C)C)=N\C/C=C(\C)C(N)=O. The van der Waals surface area contributed by atoms with E-state index in [1.54, 1.807) is 31.2 Å². The number of carbonyl (C=O) groups excluding carboxylic acids is 1. The summed E-state index contributed by atoms with van der Waals surface area (Å²) in [4.78, 5) is 31.9. The largest absolute Gasteiger partial charge is 0.481 e. The molecule has 0 aliphatic heterocycles. The van der Waals surface area contributed by atoms with Crippen LogP contribution in [0.5, 0.6) is 0 Å². The Morgan fingerprint density at radius 2 is 1.84 bits per heavy atom. The van der Waals surface area contributed by atoms with E-state index in [0.717, 1.165) is 11.1 Å². The monoisotopic (exact) mass is 437 g/mol. The molecule has 0 aromatic rings. The Morgan fingerprint density at radius 3 is 2.31 bits per heavy atom. The molecule has 6 heteroatoms. The van der Waals surface area contributed by atoms with Gasteiger partial charge in [-0.25, -0.2) is 4.99 Å². The predicted molar refractivity (Wildman–Crippen MR) is 135 cm³/mol. The summed E-state index contributed by atoms with van der Waals surface area (Å²) in [6.07, 6.45) is 11.4. The normalized spacial score (nSPS) is 14.2. The van der Waals surface area contributed by atoms with Crippen LogP contribution in [0.2, 0.25) is 0 Å². The van der Waals surface area contributed by atoms with Gasteiger partial charge in [0, 0.05) is 5.57 Å². The first-order valence-corrected chi connectivity index (χ1v) is 10.3. The molecule has 0 saturated heterocycles. The predicted octanol–water partition coefficient (Wildman–Crippen LogP) is 5.14. The van der Waals surface area contributed by atoms with E-state index >= 15 is 0 Å². The van der Waals surface area contributed by atoms with Crippen LogP contribution in [0.1, 0.15) is 40.0 Å². The summed E-state index contributed by atoms with van der Waals surface area (Å²) in [5, 5.41) is 9.24. The van der Waals surface area contributed by atoms with Crippen molar-refractivity contribution in [1.29, 1.82) is 0 Å². The second-order valence-electron chi connectivity index (χ2n) is 7.21. The van der Waals surface area contributed by atoms with Crippen molar-refractivity contribution in [2.75, 3.05) is 6.54 Å². The molecule has 0 heterocycles. The molecule has 32 heavy (non-hydrogen) atoms. The Balaban J connectivity index is 6.37. The molecule has 0 aromatic heterocycles. The highest BCUT2D eigenvalue weighted by Gasteiger charge is 2.18. The minimum atomic E-state index is -0.881. The number of aliphatic carboxylic acids is 1. The quantitative estimate of drug-likeness (QED) is 0.160. The molecule has 172 valence electrons. The summed E-state index contributed by atoms with van der Waals surface area (Å²) in [6, 6.07) is 0. The number of carbonyl (C=O) groups is 2. The molecule has 0 fully saturated rings. The lowest BCUT2D eigenvalue weighted by molar-refractivity contribution is -0.137. The van der Waals surface area contributed by atoms with Crippen molar-refractivity contribution in [2.24, 2.45) is 21.6 Å². The van der Waals surface area contributed by atoms with Crippen LogP contribution in [0.3, 0.4) is 0 Å². The first-order valence-electron chi connectivity index (χ1n) is 10.3. The smallest absolute Gasteiger partial charge is 0.303 e. The van der Waals surface area contributed by atoms with Crippen LogP contribution in [0.4, 0.5) is 0 Å². The van der Waals surface area contributed by atoms with E-state index < -0.39 is 11.9 Å². The second kappa shape index (κ2) is 15.3. The molecule has 1 unspecified atom stereocenters. The number of allylic oxidation sites excluding steroid dienone is 7. The third kappa shape index (κ3) is 11.0. The summed E-state index contributed by atoms with van der Waals surface area (Å²) in [7, 11) is 0. The van der Waals surface area contributed by atoms with Gasteiger partial charge in [-0.2, -0.15) is 0 Å². The number of hydrogen-bond donors (Lipinski definition) is 2. The van der Waals surface area contributed by atoms with Crippen molar-refractivity contribution in [3.05, 3.63) is 85.2 Å². The van der Waals surface area contributed by atoms with E-state index in [9.17, 15) is 14.7 Å². The van der Waals surface area contributed by atoms with Gasteiger partial charge < -0.3 is 10.8 Å². The van der Waals surface area contributed by atoms with E-state index in [-0.39, 0.29) is 18.9 Å². The van der Waals surface area contributed by atoms with Crippen molar-refractivity contribution < 1.29 is 14.7 Å². The first-order chi connectivity index (χ1) is 15.1. The van der Waals surface area contributed by atoms with Crippen LogP contribution in [-0.2, 0) is 9.59 Å². The maximum atomic E-state index is 11.3. The van der Waals surface area contributed by atoms with Crippen LogP contribution in [-0.4, -0.2) is 35.0 Å². The van der Waals surface area contributed by atoms with Crippen LogP contribution >= 0.6 is 0 Å². The summed E-state index contributed by atoms with van der Waals surface area (Å²) in [5.74, 6) is -1.60. The van der Waals surface area contributed by atoms with Gasteiger partial charge in [-0.15, -0.1) is 0 Å². The zero-order valence-corrected chi connectivity index (χ0v) is 19.4. The highest BCUT2D eigenvalue weighted by Crippen LogP contribution is 2.21.